The van der Waals surface area contributed by atoms with Crippen LogP contribution >= 0.6 is 11.3 Å². The summed E-state index contributed by atoms with van der Waals surface area (Å²) in [5, 5.41) is 2.97. The molecule has 1 amide bonds. The van der Waals surface area contributed by atoms with E-state index in [1.807, 2.05) is 36.7 Å². The van der Waals surface area contributed by atoms with E-state index in [0.29, 0.717) is 12.5 Å². The van der Waals surface area contributed by atoms with Gasteiger partial charge in [-0.25, -0.2) is 4.98 Å². The number of nitrogens with zero attached hydrogens (tertiary/aromatic N) is 1. The fourth-order valence-electron chi connectivity index (χ4n) is 2.14. The van der Waals surface area contributed by atoms with E-state index in [1.54, 1.807) is 11.3 Å². The van der Waals surface area contributed by atoms with Gasteiger partial charge in [-0.1, -0.05) is 26.0 Å². The Balaban J connectivity index is 1.78. The van der Waals surface area contributed by atoms with Crippen molar-refractivity contribution in [1.82, 2.24) is 10.3 Å². The predicted molar refractivity (Wildman–Crippen MR) is 88.0 cm³/mol. The molecule has 1 heterocycles. The molecule has 1 aromatic heterocycles. The number of hydrogen-bond donors (Lipinski definition) is 1. The zero-order valence-electron chi connectivity index (χ0n) is 12.8. The Hall–Kier alpha value is -1.68. The number of carbonyl (C=O) groups excluding carboxylic acids is 1. The van der Waals surface area contributed by atoms with Crippen LogP contribution in [0, 0.1) is 6.92 Å². The number of aromatic nitrogens is 1. The summed E-state index contributed by atoms with van der Waals surface area (Å²) in [6.45, 7) is 7.02. The van der Waals surface area contributed by atoms with Gasteiger partial charge in [0, 0.05) is 17.0 Å². The first-order valence-corrected chi connectivity index (χ1v) is 8.23. The molecule has 0 saturated heterocycles. The van der Waals surface area contributed by atoms with Crippen LogP contribution in [-0.2, 0) is 6.42 Å². The van der Waals surface area contributed by atoms with Gasteiger partial charge in [0.2, 0.25) is 0 Å². The van der Waals surface area contributed by atoms with E-state index < -0.39 is 0 Å². The van der Waals surface area contributed by atoms with Gasteiger partial charge in [-0.05, 0) is 43.4 Å². The molecule has 0 aliphatic rings. The first kappa shape index (κ1) is 15.7. The Kier molecular flexibility index (Phi) is 5.51. The predicted octanol–water partition coefficient (Wildman–Crippen LogP) is 3.94. The first-order valence-electron chi connectivity index (χ1n) is 7.35. The van der Waals surface area contributed by atoms with Gasteiger partial charge in [0.25, 0.3) is 5.91 Å². The van der Waals surface area contributed by atoms with Gasteiger partial charge in [0.05, 0.1) is 11.2 Å². The fourth-order valence-corrected chi connectivity index (χ4v) is 2.96. The third-order valence-electron chi connectivity index (χ3n) is 3.55. The molecule has 0 aliphatic heterocycles. The topological polar surface area (TPSA) is 42.0 Å². The maximum absolute atomic E-state index is 12.0. The number of carbonyl (C=O) groups is 1. The molecule has 0 atom stereocenters. The summed E-state index contributed by atoms with van der Waals surface area (Å²) in [6, 6.07) is 7.86. The summed E-state index contributed by atoms with van der Waals surface area (Å²) in [5.74, 6) is 0.496. The van der Waals surface area contributed by atoms with Gasteiger partial charge < -0.3 is 5.32 Å². The third-order valence-corrected chi connectivity index (χ3v) is 4.55. The van der Waals surface area contributed by atoms with Gasteiger partial charge in [0.15, 0.2) is 0 Å². The molecular weight excluding hydrogens is 280 g/mol. The fraction of sp³-hybridized carbons (Fsp3) is 0.412. The van der Waals surface area contributed by atoms with Gasteiger partial charge in [-0.3, -0.25) is 4.79 Å². The molecule has 1 aromatic carbocycles. The van der Waals surface area contributed by atoms with Crippen LogP contribution in [0.25, 0.3) is 0 Å². The van der Waals surface area contributed by atoms with E-state index in [1.165, 1.54) is 10.4 Å². The molecule has 0 radical (unpaired) electrons. The Morgan fingerprint density at radius 2 is 2.00 bits per heavy atom. The van der Waals surface area contributed by atoms with E-state index >= 15 is 0 Å². The third kappa shape index (κ3) is 4.39. The van der Waals surface area contributed by atoms with Crippen molar-refractivity contribution in [2.75, 3.05) is 6.54 Å². The van der Waals surface area contributed by atoms with Crippen molar-refractivity contribution in [1.29, 1.82) is 0 Å². The molecule has 4 heteroatoms. The highest BCUT2D eigenvalue weighted by Gasteiger charge is 2.06. The summed E-state index contributed by atoms with van der Waals surface area (Å²) in [7, 11) is 0. The lowest BCUT2D eigenvalue weighted by Crippen LogP contribution is -2.24. The minimum atomic E-state index is 0.00586. The minimum Gasteiger partial charge on any atom is -0.352 e. The molecule has 0 aliphatic carbocycles. The summed E-state index contributed by atoms with van der Waals surface area (Å²) in [5.41, 5.74) is 4.97. The van der Waals surface area contributed by atoms with Crippen molar-refractivity contribution in [3.05, 3.63) is 51.5 Å². The molecule has 0 fully saturated rings. The SMILES string of the molecule is Cc1ncsc1CCCNC(=O)c1ccc(C(C)C)cc1. The lowest BCUT2D eigenvalue weighted by Gasteiger charge is -2.08. The Morgan fingerprint density at radius 1 is 1.29 bits per heavy atom. The van der Waals surface area contributed by atoms with Crippen LogP contribution in [0.2, 0.25) is 0 Å². The summed E-state index contributed by atoms with van der Waals surface area (Å²) >= 11 is 1.69. The normalized spacial score (nSPS) is 10.9. The smallest absolute Gasteiger partial charge is 0.251 e. The van der Waals surface area contributed by atoms with Crippen molar-refractivity contribution in [2.24, 2.45) is 0 Å². The van der Waals surface area contributed by atoms with Crippen LogP contribution in [0.5, 0.6) is 0 Å². The monoisotopic (exact) mass is 302 g/mol. The first-order chi connectivity index (χ1) is 10.1. The number of nitrogens with one attached hydrogen (secondary N) is 1. The van der Waals surface area contributed by atoms with Crippen molar-refractivity contribution in [3.63, 3.8) is 0 Å². The van der Waals surface area contributed by atoms with Gasteiger partial charge >= 0.3 is 0 Å². The highest BCUT2D eigenvalue weighted by atomic mass is 32.1. The summed E-state index contributed by atoms with van der Waals surface area (Å²) in [4.78, 5) is 17.6. The van der Waals surface area contributed by atoms with E-state index in [-0.39, 0.29) is 5.91 Å². The van der Waals surface area contributed by atoms with Crippen molar-refractivity contribution in [3.8, 4) is 0 Å². The molecule has 3 nitrogen and oxygen atoms in total. The van der Waals surface area contributed by atoms with E-state index in [9.17, 15) is 4.79 Å². The molecule has 21 heavy (non-hydrogen) atoms. The summed E-state index contributed by atoms with van der Waals surface area (Å²) < 4.78 is 0. The number of aryl methyl sites for hydroxylation is 2. The second kappa shape index (κ2) is 7.36. The van der Waals surface area contributed by atoms with Gasteiger partial charge in [-0.15, -0.1) is 11.3 Å². The van der Waals surface area contributed by atoms with Crippen LogP contribution in [0.1, 0.15) is 52.7 Å². The minimum absolute atomic E-state index is 0.00586. The average Bonchev–Trinajstić information content (AvgIpc) is 2.89. The summed E-state index contributed by atoms with van der Waals surface area (Å²) in [6.07, 6.45) is 1.92. The zero-order valence-corrected chi connectivity index (χ0v) is 13.7. The maximum atomic E-state index is 12.0. The number of rotatable bonds is 6. The quantitative estimate of drug-likeness (QED) is 0.821. The highest BCUT2D eigenvalue weighted by molar-refractivity contribution is 7.09. The van der Waals surface area contributed by atoms with Crippen LogP contribution < -0.4 is 5.32 Å². The molecule has 0 bridgehead atoms. The van der Waals surface area contributed by atoms with Crippen LogP contribution in [0.3, 0.4) is 0 Å². The molecule has 0 unspecified atom stereocenters. The van der Waals surface area contributed by atoms with E-state index in [2.05, 4.69) is 24.1 Å². The van der Waals surface area contributed by atoms with Crippen molar-refractivity contribution >= 4 is 17.2 Å². The second-order valence-electron chi connectivity index (χ2n) is 5.50. The second-order valence-corrected chi connectivity index (χ2v) is 6.44. The van der Waals surface area contributed by atoms with Crippen LogP contribution in [-0.4, -0.2) is 17.4 Å². The zero-order chi connectivity index (χ0) is 15.2. The molecule has 0 saturated carbocycles. The number of amides is 1. The number of benzene rings is 1. The van der Waals surface area contributed by atoms with Gasteiger partial charge in [-0.2, -0.15) is 0 Å². The molecule has 112 valence electrons. The van der Waals surface area contributed by atoms with Gasteiger partial charge in [0.1, 0.15) is 0 Å². The maximum Gasteiger partial charge on any atom is 0.251 e. The lowest BCUT2D eigenvalue weighted by molar-refractivity contribution is 0.0953. The Labute approximate surface area is 130 Å². The molecule has 0 spiro atoms. The Bertz CT molecular complexity index is 587. The Morgan fingerprint density at radius 3 is 2.57 bits per heavy atom. The van der Waals surface area contributed by atoms with E-state index in [0.717, 1.165) is 24.1 Å². The highest BCUT2D eigenvalue weighted by Crippen LogP contribution is 2.15. The van der Waals surface area contributed by atoms with E-state index in [4.69, 9.17) is 0 Å². The lowest BCUT2D eigenvalue weighted by atomic mass is 10.0. The molecule has 2 aromatic rings. The van der Waals surface area contributed by atoms with Crippen molar-refractivity contribution < 1.29 is 4.79 Å². The van der Waals surface area contributed by atoms with Crippen molar-refractivity contribution in [2.45, 2.75) is 39.5 Å². The largest absolute Gasteiger partial charge is 0.352 e. The van der Waals surface area contributed by atoms with Crippen LogP contribution in [0.4, 0.5) is 0 Å². The number of hydrogen-bond acceptors (Lipinski definition) is 3. The molecule has 1 N–H and O–H groups in total. The standard InChI is InChI=1S/C17H22N2OS/c1-12(2)14-6-8-15(9-7-14)17(20)18-10-4-5-16-13(3)19-11-21-16/h6-9,11-12H,4-5,10H2,1-3H3,(H,18,20). The average molecular weight is 302 g/mol. The number of thiazole rings is 1. The molecular formula is C17H22N2OS. The van der Waals surface area contributed by atoms with Crippen LogP contribution in [0.15, 0.2) is 29.8 Å². The molecule has 2 rings (SSSR count).